The van der Waals surface area contributed by atoms with E-state index in [1.54, 1.807) is 0 Å². The third-order valence-corrected chi connectivity index (χ3v) is 4.41. The minimum Gasteiger partial charge on any atom is -0.329 e. The summed E-state index contributed by atoms with van der Waals surface area (Å²) in [6, 6.07) is 0.759. The highest BCUT2D eigenvalue weighted by molar-refractivity contribution is 4.94. The molecule has 0 aromatic rings. The minimum absolute atomic E-state index is 0.196. The van der Waals surface area contributed by atoms with Crippen molar-refractivity contribution in [3.63, 3.8) is 0 Å². The summed E-state index contributed by atoms with van der Waals surface area (Å²) < 4.78 is 0. The van der Waals surface area contributed by atoms with Crippen LogP contribution in [0.15, 0.2) is 0 Å². The summed E-state index contributed by atoms with van der Waals surface area (Å²) in [5, 5.41) is 0. The average molecular weight is 212 g/mol. The van der Waals surface area contributed by atoms with Gasteiger partial charge < -0.3 is 5.73 Å². The van der Waals surface area contributed by atoms with Gasteiger partial charge in [-0.3, -0.25) is 4.90 Å². The normalized spacial score (nSPS) is 28.0. The van der Waals surface area contributed by atoms with Gasteiger partial charge in [-0.25, -0.2) is 0 Å². The van der Waals surface area contributed by atoms with Crippen LogP contribution in [0.3, 0.4) is 0 Å². The molecule has 2 atom stereocenters. The molecule has 1 saturated heterocycles. The lowest BCUT2D eigenvalue weighted by Crippen LogP contribution is -2.60. The number of hydrogen-bond acceptors (Lipinski definition) is 2. The summed E-state index contributed by atoms with van der Waals surface area (Å²) >= 11 is 0. The van der Waals surface area contributed by atoms with Crippen molar-refractivity contribution >= 4 is 0 Å². The zero-order valence-corrected chi connectivity index (χ0v) is 10.9. The standard InChI is InChI=1S/C13H28N2/c1-5-12-8-6-7-9-15(12)13(4,10-14)11(2)3/h11-12H,5-10,14H2,1-4H3. The SMILES string of the molecule is CCC1CCCCN1C(C)(CN)C(C)C. The van der Waals surface area contributed by atoms with Crippen LogP contribution in [0.5, 0.6) is 0 Å². The lowest BCUT2D eigenvalue weighted by atomic mass is 9.82. The van der Waals surface area contributed by atoms with E-state index in [2.05, 4.69) is 32.6 Å². The van der Waals surface area contributed by atoms with Gasteiger partial charge in [-0.05, 0) is 38.6 Å². The van der Waals surface area contributed by atoms with E-state index in [0.29, 0.717) is 5.92 Å². The summed E-state index contributed by atoms with van der Waals surface area (Å²) in [6.07, 6.45) is 5.37. The lowest BCUT2D eigenvalue weighted by molar-refractivity contribution is 0.00224. The van der Waals surface area contributed by atoms with Gasteiger partial charge >= 0.3 is 0 Å². The summed E-state index contributed by atoms with van der Waals surface area (Å²) in [5.74, 6) is 0.634. The monoisotopic (exact) mass is 212 g/mol. The molecule has 0 spiro atoms. The third-order valence-electron chi connectivity index (χ3n) is 4.41. The van der Waals surface area contributed by atoms with E-state index in [0.717, 1.165) is 12.6 Å². The predicted molar refractivity (Wildman–Crippen MR) is 66.9 cm³/mol. The molecule has 0 aromatic heterocycles. The van der Waals surface area contributed by atoms with Crippen molar-refractivity contribution in [1.82, 2.24) is 4.90 Å². The van der Waals surface area contributed by atoms with E-state index in [4.69, 9.17) is 5.73 Å². The van der Waals surface area contributed by atoms with Crippen molar-refractivity contribution in [2.45, 2.75) is 65.0 Å². The van der Waals surface area contributed by atoms with E-state index in [1.165, 1.54) is 32.2 Å². The highest BCUT2D eigenvalue weighted by Crippen LogP contribution is 2.31. The molecule has 0 bridgehead atoms. The fourth-order valence-electron chi connectivity index (χ4n) is 2.78. The Morgan fingerprint density at radius 3 is 2.53 bits per heavy atom. The van der Waals surface area contributed by atoms with Gasteiger partial charge in [0, 0.05) is 18.1 Å². The Bertz CT molecular complexity index is 191. The lowest BCUT2D eigenvalue weighted by Gasteiger charge is -2.50. The molecule has 2 unspecified atom stereocenters. The van der Waals surface area contributed by atoms with E-state index >= 15 is 0 Å². The van der Waals surface area contributed by atoms with Crippen molar-refractivity contribution in [3.05, 3.63) is 0 Å². The predicted octanol–water partition coefficient (Wildman–Crippen LogP) is 2.62. The van der Waals surface area contributed by atoms with Crippen LogP contribution in [0.4, 0.5) is 0 Å². The van der Waals surface area contributed by atoms with Crippen LogP contribution in [-0.2, 0) is 0 Å². The molecule has 0 saturated carbocycles. The van der Waals surface area contributed by atoms with Crippen molar-refractivity contribution in [2.24, 2.45) is 11.7 Å². The number of likely N-dealkylation sites (tertiary alicyclic amines) is 1. The van der Waals surface area contributed by atoms with Gasteiger partial charge in [0.1, 0.15) is 0 Å². The van der Waals surface area contributed by atoms with Crippen LogP contribution >= 0.6 is 0 Å². The molecule has 0 amide bonds. The third kappa shape index (κ3) is 2.54. The number of nitrogens with two attached hydrogens (primary N) is 1. The Labute approximate surface area is 95.2 Å². The van der Waals surface area contributed by atoms with Crippen LogP contribution in [0.25, 0.3) is 0 Å². The Kier molecular flexibility index (Phi) is 4.60. The van der Waals surface area contributed by atoms with E-state index in [1.807, 2.05) is 0 Å². The second kappa shape index (κ2) is 5.31. The largest absolute Gasteiger partial charge is 0.329 e. The maximum atomic E-state index is 6.01. The molecule has 0 aromatic carbocycles. The number of piperidine rings is 1. The average Bonchev–Trinajstić information content (AvgIpc) is 2.27. The smallest absolute Gasteiger partial charge is 0.0329 e. The molecule has 1 heterocycles. The first-order chi connectivity index (χ1) is 7.06. The zero-order chi connectivity index (χ0) is 11.5. The van der Waals surface area contributed by atoms with E-state index in [9.17, 15) is 0 Å². The summed E-state index contributed by atoms with van der Waals surface area (Å²) in [5.41, 5.74) is 6.21. The maximum Gasteiger partial charge on any atom is 0.0329 e. The Morgan fingerprint density at radius 2 is 2.07 bits per heavy atom. The first-order valence-electron chi connectivity index (χ1n) is 6.53. The van der Waals surface area contributed by atoms with Gasteiger partial charge in [0.25, 0.3) is 0 Å². The molecule has 90 valence electrons. The summed E-state index contributed by atoms with van der Waals surface area (Å²) in [7, 11) is 0. The molecule has 0 aliphatic carbocycles. The fraction of sp³-hybridized carbons (Fsp3) is 1.00. The second-order valence-corrected chi connectivity index (χ2v) is 5.47. The number of nitrogens with zero attached hydrogens (tertiary/aromatic N) is 1. The molecule has 0 radical (unpaired) electrons. The number of rotatable bonds is 4. The molecule has 1 aliphatic heterocycles. The van der Waals surface area contributed by atoms with Crippen LogP contribution < -0.4 is 5.73 Å². The van der Waals surface area contributed by atoms with Crippen molar-refractivity contribution < 1.29 is 0 Å². The molecule has 15 heavy (non-hydrogen) atoms. The van der Waals surface area contributed by atoms with Crippen LogP contribution in [0, 0.1) is 5.92 Å². The van der Waals surface area contributed by atoms with Crippen LogP contribution in [-0.4, -0.2) is 29.6 Å². The summed E-state index contributed by atoms with van der Waals surface area (Å²) in [4.78, 5) is 2.68. The molecular weight excluding hydrogens is 184 g/mol. The first-order valence-corrected chi connectivity index (χ1v) is 6.53. The van der Waals surface area contributed by atoms with Gasteiger partial charge in [-0.1, -0.05) is 27.2 Å². The van der Waals surface area contributed by atoms with Crippen molar-refractivity contribution in [2.75, 3.05) is 13.1 Å². The van der Waals surface area contributed by atoms with Gasteiger partial charge in [0.15, 0.2) is 0 Å². The maximum absolute atomic E-state index is 6.01. The highest BCUT2D eigenvalue weighted by Gasteiger charge is 2.38. The first kappa shape index (κ1) is 13.0. The molecular formula is C13H28N2. The Hall–Kier alpha value is -0.0800. The van der Waals surface area contributed by atoms with Gasteiger partial charge in [0.05, 0.1) is 0 Å². The molecule has 2 heteroatoms. The van der Waals surface area contributed by atoms with E-state index < -0.39 is 0 Å². The van der Waals surface area contributed by atoms with Crippen LogP contribution in [0.1, 0.15) is 53.4 Å². The van der Waals surface area contributed by atoms with Crippen molar-refractivity contribution in [1.29, 1.82) is 0 Å². The molecule has 1 rings (SSSR count). The zero-order valence-electron chi connectivity index (χ0n) is 10.9. The minimum atomic E-state index is 0.196. The molecule has 1 fully saturated rings. The van der Waals surface area contributed by atoms with E-state index in [-0.39, 0.29) is 5.54 Å². The Balaban J connectivity index is 2.80. The quantitative estimate of drug-likeness (QED) is 0.776. The topological polar surface area (TPSA) is 29.3 Å². The van der Waals surface area contributed by atoms with Gasteiger partial charge in [0.2, 0.25) is 0 Å². The molecule has 2 nitrogen and oxygen atoms in total. The van der Waals surface area contributed by atoms with Gasteiger partial charge in [-0.15, -0.1) is 0 Å². The molecule has 2 N–H and O–H groups in total. The van der Waals surface area contributed by atoms with Gasteiger partial charge in [-0.2, -0.15) is 0 Å². The van der Waals surface area contributed by atoms with Crippen molar-refractivity contribution in [3.8, 4) is 0 Å². The number of hydrogen-bond donors (Lipinski definition) is 1. The highest BCUT2D eigenvalue weighted by atomic mass is 15.2. The molecule has 1 aliphatic rings. The van der Waals surface area contributed by atoms with Crippen LogP contribution in [0.2, 0.25) is 0 Å². The Morgan fingerprint density at radius 1 is 1.40 bits per heavy atom. The second-order valence-electron chi connectivity index (χ2n) is 5.47. The fourth-order valence-corrected chi connectivity index (χ4v) is 2.78. The summed E-state index contributed by atoms with van der Waals surface area (Å²) in [6.45, 7) is 11.3.